The first-order chi connectivity index (χ1) is 21.4. The van der Waals surface area contributed by atoms with Crippen molar-refractivity contribution in [1.29, 1.82) is 0 Å². The number of nitrogens with zero attached hydrogens (tertiary/aromatic N) is 2. The molecule has 1 aliphatic rings. The third-order valence-corrected chi connectivity index (χ3v) is 7.47. The summed E-state index contributed by atoms with van der Waals surface area (Å²) < 4.78 is 16.7. The maximum Gasteiger partial charge on any atom is 0.329 e. The van der Waals surface area contributed by atoms with Crippen LogP contribution in [-0.2, 0) is 46.4 Å². The Labute approximate surface area is 267 Å². The summed E-state index contributed by atoms with van der Waals surface area (Å²) in [6.45, 7) is 11.1. The Kier molecular flexibility index (Phi) is 14.0. The first kappa shape index (κ1) is 35.7. The van der Waals surface area contributed by atoms with Gasteiger partial charge in [0.25, 0.3) is 0 Å². The van der Waals surface area contributed by atoms with E-state index in [-0.39, 0.29) is 37.8 Å². The van der Waals surface area contributed by atoms with Crippen LogP contribution in [0.3, 0.4) is 0 Å². The summed E-state index contributed by atoms with van der Waals surface area (Å²) in [6.07, 6.45) is 1.08. The van der Waals surface area contributed by atoms with Crippen molar-refractivity contribution < 1.29 is 33.4 Å². The Morgan fingerprint density at radius 2 is 1.51 bits per heavy atom. The largest absolute Gasteiger partial charge is 0.459 e. The lowest BCUT2D eigenvalue weighted by molar-refractivity contribution is -0.171. The van der Waals surface area contributed by atoms with Gasteiger partial charge in [0.15, 0.2) is 6.73 Å². The van der Waals surface area contributed by atoms with Crippen LogP contribution >= 0.6 is 0 Å². The minimum Gasteiger partial charge on any atom is -0.459 e. The maximum atomic E-state index is 14.4. The molecule has 1 N–H and O–H groups in total. The van der Waals surface area contributed by atoms with Crippen molar-refractivity contribution in [3.8, 4) is 0 Å². The van der Waals surface area contributed by atoms with Gasteiger partial charge in [-0.15, -0.1) is 0 Å². The van der Waals surface area contributed by atoms with Gasteiger partial charge in [0.2, 0.25) is 11.8 Å². The van der Waals surface area contributed by atoms with Crippen molar-refractivity contribution >= 4 is 23.8 Å². The first-order valence-corrected chi connectivity index (χ1v) is 15.8. The predicted molar refractivity (Wildman–Crippen MR) is 171 cm³/mol. The number of carbonyl (C=O) groups is 4. The molecule has 2 amide bonds. The lowest BCUT2D eigenvalue weighted by atomic mass is 9.97. The van der Waals surface area contributed by atoms with E-state index in [1.165, 1.54) is 4.90 Å². The van der Waals surface area contributed by atoms with E-state index in [2.05, 4.69) is 5.32 Å². The van der Waals surface area contributed by atoms with E-state index in [1.807, 2.05) is 79.4 Å². The fourth-order valence-corrected chi connectivity index (χ4v) is 4.89. The first-order valence-electron chi connectivity index (χ1n) is 15.8. The van der Waals surface area contributed by atoms with Crippen LogP contribution in [-0.4, -0.2) is 85.2 Å². The van der Waals surface area contributed by atoms with Gasteiger partial charge >= 0.3 is 11.9 Å². The monoisotopic (exact) mass is 623 g/mol. The summed E-state index contributed by atoms with van der Waals surface area (Å²) >= 11 is 0. The van der Waals surface area contributed by atoms with Crippen LogP contribution in [0.1, 0.15) is 58.6 Å². The molecule has 2 aromatic carbocycles. The van der Waals surface area contributed by atoms with E-state index in [4.69, 9.17) is 14.2 Å². The minimum atomic E-state index is -1.04. The molecule has 45 heavy (non-hydrogen) atoms. The maximum absolute atomic E-state index is 14.4. The number of rotatable bonds is 15. The van der Waals surface area contributed by atoms with Gasteiger partial charge in [0.05, 0.1) is 25.2 Å². The van der Waals surface area contributed by atoms with Crippen LogP contribution in [0.2, 0.25) is 0 Å². The smallest absolute Gasteiger partial charge is 0.329 e. The van der Waals surface area contributed by atoms with Gasteiger partial charge in [0.1, 0.15) is 18.7 Å². The van der Waals surface area contributed by atoms with Crippen molar-refractivity contribution in [2.24, 2.45) is 11.3 Å². The van der Waals surface area contributed by atoms with Crippen LogP contribution in [0.25, 0.3) is 0 Å². The zero-order valence-corrected chi connectivity index (χ0v) is 27.3. The molecule has 0 unspecified atom stereocenters. The second-order valence-electron chi connectivity index (χ2n) is 12.9. The second-order valence-corrected chi connectivity index (χ2v) is 12.9. The number of carbonyl (C=O) groups excluding carboxylic acids is 4. The number of hydrogen-bond donors (Lipinski definition) is 1. The molecule has 2 aromatic rings. The van der Waals surface area contributed by atoms with Gasteiger partial charge in [-0.1, -0.05) is 74.5 Å². The highest BCUT2D eigenvalue weighted by molar-refractivity contribution is 5.91. The van der Waals surface area contributed by atoms with Crippen molar-refractivity contribution in [1.82, 2.24) is 15.1 Å². The topological polar surface area (TPSA) is 114 Å². The number of benzene rings is 2. The molecular weight excluding hydrogens is 574 g/mol. The number of nitrogens with one attached hydrogen (secondary N) is 1. The minimum absolute atomic E-state index is 0.00609. The van der Waals surface area contributed by atoms with E-state index >= 15 is 0 Å². The van der Waals surface area contributed by atoms with Gasteiger partial charge in [-0.2, -0.15) is 0 Å². The second kappa shape index (κ2) is 17.7. The van der Waals surface area contributed by atoms with Gasteiger partial charge in [-0.3, -0.25) is 24.2 Å². The van der Waals surface area contributed by atoms with Gasteiger partial charge < -0.3 is 19.5 Å². The fraction of sp³-hybridized carbons (Fsp3) is 0.543. The highest BCUT2D eigenvalue weighted by Gasteiger charge is 2.37. The predicted octanol–water partition coefficient (Wildman–Crippen LogP) is 3.97. The molecule has 2 atom stereocenters. The van der Waals surface area contributed by atoms with E-state index in [0.29, 0.717) is 32.7 Å². The summed E-state index contributed by atoms with van der Waals surface area (Å²) in [4.78, 5) is 57.4. The standard InChI is InChI=1S/C35H49N3O7/c1-26(2)22-30(33(41)44-24-28-14-10-7-11-15-28)38(25-45-34(42)35(3,4)5)32(40)29(17-16-27-12-8-6-9-13-27)36-31(39)23-37-18-20-43-21-19-37/h6-15,26,29-30H,16-25H2,1-5H3,(H,36,39)/t29-,30-/m0/s1. The Morgan fingerprint density at radius 3 is 2.09 bits per heavy atom. The van der Waals surface area contributed by atoms with Crippen LogP contribution in [0, 0.1) is 11.3 Å². The van der Waals surface area contributed by atoms with Crippen molar-refractivity contribution in [3.63, 3.8) is 0 Å². The fourth-order valence-electron chi connectivity index (χ4n) is 4.89. The Morgan fingerprint density at radius 1 is 0.911 bits per heavy atom. The molecule has 1 aliphatic heterocycles. The van der Waals surface area contributed by atoms with Crippen molar-refractivity contribution in [2.75, 3.05) is 39.6 Å². The summed E-state index contributed by atoms with van der Waals surface area (Å²) in [5.41, 5.74) is 0.988. The Hall–Kier alpha value is -3.76. The van der Waals surface area contributed by atoms with E-state index < -0.39 is 42.1 Å². The van der Waals surface area contributed by atoms with Crippen LogP contribution in [0.5, 0.6) is 0 Å². The summed E-state index contributed by atoms with van der Waals surface area (Å²) in [6, 6.07) is 17.0. The molecule has 0 aromatic heterocycles. The lowest BCUT2D eigenvalue weighted by Crippen LogP contribution is -2.56. The zero-order chi connectivity index (χ0) is 32.8. The molecule has 3 rings (SSSR count). The van der Waals surface area contributed by atoms with E-state index in [0.717, 1.165) is 11.1 Å². The van der Waals surface area contributed by atoms with Crippen molar-refractivity contribution in [3.05, 3.63) is 71.8 Å². The van der Waals surface area contributed by atoms with Gasteiger partial charge in [-0.05, 0) is 57.1 Å². The number of morpholine rings is 1. The third kappa shape index (κ3) is 12.3. The molecule has 0 saturated carbocycles. The molecule has 0 radical (unpaired) electrons. The van der Waals surface area contributed by atoms with E-state index in [9.17, 15) is 19.2 Å². The van der Waals surface area contributed by atoms with Gasteiger partial charge in [0, 0.05) is 13.1 Å². The molecule has 10 heteroatoms. The van der Waals surface area contributed by atoms with Crippen molar-refractivity contribution in [2.45, 2.75) is 72.6 Å². The van der Waals surface area contributed by atoms with E-state index in [1.54, 1.807) is 20.8 Å². The molecular formula is C35H49N3O7. The normalized spacial score (nSPS) is 15.2. The molecule has 1 heterocycles. The number of aryl methyl sites for hydroxylation is 1. The quantitative estimate of drug-likeness (QED) is 0.234. The number of hydrogen-bond acceptors (Lipinski definition) is 8. The lowest BCUT2D eigenvalue weighted by Gasteiger charge is -2.34. The van der Waals surface area contributed by atoms with Crippen LogP contribution in [0.15, 0.2) is 60.7 Å². The number of amides is 2. The highest BCUT2D eigenvalue weighted by atomic mass is 16.6. The summed E-state index contributed by atoms with van der Waals surface area (Å²) in [5.74, 6) is -1.92. The SMILES string of the molecule is CC(C)C[C@@H](C(=O)OCc1ccccc1)N(COC(=O)C(C)(C)C)C(=O)[C@H](CCc1ccccc1)NC(=O)CN1CCOCC1. The van der Waals surface area contributed by atoms with Gasteiger partial charge in [-0.25, -0.2) is 4.79 Å². The summed E-state index contributed by atoms with van der Waals surface area (Å²) in [7, 11) is 0. The third-order valence-electron chi connectivity index (χ3n) is 7.47. The molecule has 0 aliphatic carbocycles. The average Bonchev–Trinajstić information content (AvgIpc) is 3.02. The number of esters is 2. The molecule has 1 fully saturated rings. The molecule has 10 nitrogen and oxygen atoms in total. The Balaban J connectivity index is 1.89. The molecule has 0 bridgehead atoms. The summed E-state index contributed by atoms with van der Waals surface area (Å²) in [5, 5.41) is 2.93. The van der Waals surface area contributed by atoms with Crippen LogP contribution < -0.4 is 5.32 Å². The number of ether oxygens (including phenoxy) is 3. The van der Waals surface area contributed by atoms with Crippen LogP contribution in [0.4, 0.5) is 0 Å². The molecule has 1 saturated heterocycles. The Bertz CT molecular complexity index is 1220. The molecule has 0 spiro atoms. The average molecular weight is 624 g/mol. The highest BCUT2D eigenvalue weighted by Crippen LogP contribution is 2.20. The zero-order valence-electron chi connectivity index (χ0n) is 27.3. The molecule has 246 valence electrons.